The van der Waals surface area contributed by atoms with Crippen LogP contribution in [0.4, 0.5) is 0 Å². The highest BCUT2D eigenvalue weighted by atomic mass is 32.1. The van der Waals surface area contributed by atoms with Crippen molar-refractivity contribution in [3.8, 4) is 22.6 Å². The van der Waals surface area contributed by atoms with E-state index >= 15 is 0 Å². The van der Waals surface area contributed by atoms with Crippen LogP contribution in [-0.4, -0.2) is 10.2 Å². The summed E-state index contributed by atoms with van der Waals surface area (Å²) in [6, 6.07) is 13.3. The predicted molar refractivity (Wildman–Crippen MR) is 87.1 cm³/mol. The van der Waals surface area contributed by atoms with Crippen LogP contribution in [-0.2, 0) is 6.42 Å². The van der Waals surface area contributed by atoms with E-state index in [1.165, 1.54) is 0 Å². The maximum Gasteiger partial charge on any atom is 0.119 e. The summed E-state index contributed by atoms with van der Waals surface area (Å²) < 4.78 is 0. The number of phenols is 2. The highest BCUT2D eigenvalue weighted by molar-refractivity contribution is 7.08. The summed E-state index contributed by atoms with van der Waals surface area (Å²) in [5.74, 6) is 0.537. The third-order valence-electron chi connectivity index (χ3n) is 3.56. The molecule has 0 unspecified atom stereocenters. The first-order valence-electron chi connectivity index (χ1n) is 6.76. The third kappa shape index (κ3) is 2.93. The van der Waals surface area contributed by atoms with Gasteiger partial charge in [0.05, 0.1) is 0 Å². The van der Waals surface area contributed by atoms with E-state index in [1.54, 1.807) is 23.5 Å². The van der Waals surface area contributed by atoms with Gasteiger partial charge in [0, 0.05) is 6.42 Å². The van der Waals surface area contributed by atoms with E-state index in [0.29, 0.717) is 6.42 Å². The second-order valence-corrected chi connectivity index (χ2v) is 5.94. The fourth-order valence-electron chi connectivity index (χ4n) is 2.35. The van der Waals surface area contributed by atoms with Gasteiger partial charge in [-0.15, -0.1) is 0 Å². The Morgan fingerprint density at radius 1 is 0.857 bits per heavy atom. The molecule has 0 aliphatic rings. The maximum absolute atomic E-state index is 10.2. The van der Waals surface area contributed by atoms with E-state index in [-0.39, 0.29) is 11.5 Å². The molecule has 1 aromatic heterocycles. The molecule has 0 radical (unpaired) electrons. The van der Waals surface area contributed by atoms with Crippen LogP contribution in [0.5, 0.6) is 11.5 Å². The van der Waals surface area contributed by atoms with Gasteiger partial charge in [0.25, 0.3) is 0 Å². The zero-order valence-electron chi connectivity index (χ0n) is 11.7. The van der Waals surface area contributed by atoms with E-state index in [1.807, 2.05) is 42.6 Å². The van der Waals surface area contributed by atoms with Crippen LogP contribution in [0.25, 0.3) is 11.1 Å². The maximum atomic E-state index is 10.2. The molecule has 2 N–H and O–H groups in total. The van der Waals surface area contributed by atoms with E-state index in [4.69, 9.17) is 0 Å². The normalized spacial score (nSPS) is 10.7. The zero-order valence-corrected chi connectivity index (χ0v) is 12.5. The summed E-state index contributed by atoms with van der Waals surface area (Å²) in [6.07, 6.45) is 0.516. The first-order chi connectivity index (χ1) is 10.1. The van der Waals surface area contributed by atoms with Gasteiger partial charge in [-0.3, -0.25) is 0 Å². The highest BCUT2D eigenvalue weighted by Crippen LogP contribution is 2.30. The molecule has 0 fully saturated rings. The van der Waals surface area contributed by atoms with Gasteiger partial charge >= 0.3 is 0 Å². The van der Waals surface area contributed by atoms with Crippen molar-refractivity contribution >= 4 is 11.3 Å². The molecule has 2 nitrogen and oxygen atoms in total. The van der Waals surface area contributed by atoms with E-state index in [2.05, 4.69) is 5.38 Å². The summed E-state index contributed by atoms with van der Waals surface area (Å²) in [4.78, 5) is 0. The SMILES string of the molecule is Cc1ccc(Cc2ccc(-c3ccsc3)cc2O)c(O)c1. The van der Waals surface area contributed by atoms with Gasteiger partial charge in [-0.2, -0.15) is 11.3 Å². The minimum atomic E-state index is 0.263. The standard InChI is InChI=1S/C18H16O2S/c1-12-2-3-14(17(19)8-12)9-15-5-4-13(10-18(15)20)16-6-7-21-11-16/h2-8,10-11,19-20H,9H2,1H3. The van der Waals surface area contributed by atoms with Crippen LogP contribution in [0, 0.1) is 6.92 Å². The van der Waals surface area contributed by atoms with Gasteiger partial charge in [-0.1, -0.05) is 24.3 Å². The van der Waals surface area contributed by atoms with Gasteiger partial charge in [0.2, 0.25) is 0 Å². The van der Waals surface area contributed by atoms with E-state index in [9.17, 15) is 10.2 Å². The van der Waals surface area contributed by atoms with Gasteiger partial charge in [0.1, 0.15) is 11.5 Å². The molecule has 2 aromatic carbocycles. The second kappa shape index (κ2) is 5.62. The number of hydrogen-bond donors (Lipinski definition) is 2. The summed E-state index contributed by atoms with van der Waals surface area (Å²) >= 11 is 1.64. The van der Waals surface area contributed by atoms with Crippen molar-refractivity contribution in [3.05, 3.63) is 69.9 Å². The molecule has 3 rings (SSSR count). The molecule has 3 aromatic rings. The molecular weight excluding hydrogens is 280 g/mol. The number of benzene rings is 2. The molecule has 3 heteroatoms. The monoisotopic (exact) mass is 296 g/mol. The molecule has 0 saturated carbocycles. The molecular formula is C18H16O2S. The topological polar surface area (TPSA) is 40.5 Å². The third-order valence-corrected chi connectivity index (χ3v) is 4.24. The van der Waals surface area contributed by atoms with Crippen LogP contribution in [0.1, 0.15) is 16.7 Å². The summed E-state index contributed by atoms with van der Waals surface area (Å²) in [5, 5.41) is 24.3. The van der Waals surface area contributed by atoms with E-state index < -0.39 is 0 Å². The van der Waals surface area contributed by atoms with E-state index in [0.717, 1.165) is 27.8 Å². The van der Waals surface area contributed by atoms with Crippen molar-refractivity contribution in [1.29, 1.82) is 0 Å². The fraction of sp³-hybridized carbons (Fsp3) is 0.111. The van der Waals surface area contributed by atoms with Gasteiger partial charge in [0.15, 0.2) is 0 Å². The Labute approximate surface area is 128 Å². The Morgan fingerprint density at radius 2 is 1.57 bits per heavy atom. The summed E-state index contributed by atoms with van der Waals surface area (Å²) in [5.41, 5.74) is 4.77. The number of hydrogen-bond acceptors (Lipinski definition) is 3. The molecule has 106 valence electrons. The molecule has 21 heavy (non-hydrogen) atoms. The largest absolute Gasteiger partial charge is 0.508 e. The van der Waals surface area contributed by atoms with Crippen molar-refractivity contribution in [3.63, 3.8) is 0 Å². The Balaban J connectivity index is 1.89. The Kier molecular flexibility index (Phi) is 3.67. The number of rotatable bonds is 3. The van der Waals surface area contributed by atoms with Crippen molar-refractivity contribution in [1.82, 2.24) is 0 Å². The molecule has 0 saturated heterocycles. The molecule has 0 bridgehead atoms. The van der Waals surface area contributed by atoms with Crippen LogP contribution in [0.15, 0.2) is 53.2 Å². The molecule has 1 heterocycles. The van der Waals surface area contributed by atoms with Crippen molar-refractivity contribution < 1.29 is 10.2 Å². The van der Waals surface area contributed by atoms with Crippen molar-refractivity contribution in [2.45, 2.75) is 13.3 Å². The molecule has 0 atom stereocenters. The Morgan fingerprint density at radius 3 is 2.19 bits per heavy atom. The minimum Gasteiger partial charge on any atom is -0.508 e. The van der Waals surface area contributed by atoms with Crippen molar-refractivity contribution in [2.24, 2.45) is 0 Å². The first kappa shape index (κ1) is 13.7. The quantitative estimate of drug-likeness (QED) is 0.734. The summed E-state index contributed by atoms with van der Waals surface area (Å²) in [7, 11) is 0. The van der Waals surface area contributed by atoms with Gasteiger partial charge in [-0.05, 0) is 63.7 Å². The lowest BCUT2D eigenvalue weighted by Crippen LogP contribution is -1.91. The summed E-state index contributed by atoms with van der Waals surface area (Å²) in [6.45, 7) is 1.94. The van der Waals surface area contributed by atoms with Crippen LogP contribution < -0.4 is 0 Å². The number of aryl methyl sites for hydroxylation is 1. The fourth-order valence-corrected chi connectivity index (χ4v) is 3.02. The van der Waals surface area contributed by atoms with Crippen molar-refractivity contribution in [2.75, 3.05) is 0 Å². The molecule has 0 aliphatic carbocycles. The Hall–Kier alpha value is -2.26. The molecule has 0 aliphatic heterocycles. The van der Waals surface area contributed by atoms with Gasteiger partial charge in [-0.25, -0.2) is 0 Å². The molecule has 0 spiro atoms. The highest BCUT2D eigenvalue weighted by Gasteiger charge is 2.08. The average molecular weight is 296 g/mol. The predicted octanol–water partition coefficient (Wildman–Crippen LogP) is 4.73. The average Bonchev–Trinajstić information content (AvgIpc) is 2.98. The smallest absolute Gasteiger partial charge is 0.119 e. The lowest BCUT2D eigenvalue weighted by Gasteiger charge is -2.09. The lowest BCUT2D eigenvalue weighted by molar-refractivity contribution is 0.463. The lowest BCUT2D eigenvalue weighted by atomic mass is 9.99. The van der Waals surface area contributed by atoms with Crippen LogP contribution >= 0.6 is 11.3 Å². The zero-order chi connectivity index (χ0) is 14.8. The first-order valence-corrected chi connectivity index (χ1v) is 7.71. The van der Waals surface area contributed by atoms with Crippen LogP contribution in [0.2, 0.25) is 0 Å². The number of aromatic hydroxyl groups is 2. The second-order valence-electron chi connectivity index (χ2n) is 5.16. The van der Waals surface area contributed by atoms with Gasteiger partial charge < -0.3 is 10.2 Å². The minimum absolute atomic E-state index is 0.263. The number of phenolic OH excluding ortho intramolecular Hbond substituents is 2. The molecule has 0 amide bonds. The Bertz CT molecular complexity index is 761. The number of thiophene rings is 1. The van der Waals surface area contributed by atoms with Crippen LogP contribution in [0.3, 0.4) is 0 Å².